The lowest BCUT2D eigenvalue weighted by molar-refractivity contribution is 0.472. The molecule has 8 aromatic rings. The first kappa shape index (κ1) is 39.2. The number of aromatic nitrogens is 3. The number of benzene rings is 6. The van der Waals surface area contributed by atoms with Crippen LogP contribution in [0, 0.1) is 20.8 Å². The number of hydrogen-bond donors (Lipinski definition) is 1. The van der Waals surface area contributed by atoms with Crippen LogP contribution in [0.25, 0.3) is 72.7 Å². The van der Waals surface area contributed by atoms with Crippen LogP contribution in [0.5, 0.6) is 5.75 Å². The van der Waals surface area contributed by atoms with Gasteiger partial charge in [0, 0.05) is 24.3 Å². The van der Waals surface area contributed by atoms with Gasteiger partial charge in [-0.25, -0.2) is 4.98 Å². The number of phenols is 1. The molecule has 0 atom stereocenters. The molecule has 6 aromatic carbocycles. The molecule has 2 heterocycles. The lowest BCUT2D eigenvalue weighted by Crippen LogP contribution is -2.11. The van der Waals surface area contributed by atoms with E-state index in [0.29, 0.717) is 11.4 Å². The molecule has 0 fully saturated rings. The average Bonchev–Trinajstić information content (AvgIpc) is 3.60. The van der Waals surface area contributed by atoms with Gasteiger partial charge < -0.3 is 5.11 Å². The van der Waals surface area contributed by atoms with Gasteiger partial charge in [0.1, 0.15) is 11.6 Å². The van der Waals surface area contributed by atoms with Crippen LogP contribution >= 0.6 is 0 Å². The summed E-state index contributed by atoms with van der Waals surface area (Å²) in [5, 5.41) is 11.8. The zero-order chi connectivity index (χ0) is 43.6. The lowest BCUT2D eigenvalue weighted by atomic mass is 9.83. The first-order valence-electron chi connectivity index (χ1n) is 21.5. The molecule has 8 rings (SSSR count). The minimum atomic E-state index is -0.818. The second-order valence-corrected chi connectivity index (χ2v) is 18.8. The van der Waals surface area contributed by atoms with Crippen molar-refractivity contribution >= 4 is 11.0 Å². The summed E-state index contributed by atoms with van der Waals surface area (Å²) in [6.45, 7) is 23.4. The number of fused-ring (bicyclic) bond motifs is 1. The Hall–Kier alpha value is -6.26. The normalized spacial score (nSPS) is 12.6. The molecule has 0 saturated carbocycles. The Morgan fingerprint density at radius 3 is 1.95 bits per heavy atom. The average molecular weight is 789 g/mol. The van der Waals surface area contributed by atoms with Gasteiger partial charge in [-0.2, -0.15) is 0 Å². The van der Waals surface area contributed by atoms with E-state index >= 15 is 0 Å². The fourth-order valence-electron chi connectivity index (χ4n) is 8.19. The number of rotatable bonds is 7. The minimum Gasteiger partial charge on any atom is -0.507 e. The molecular weight excluding hydrogens is 731 g/mol. The highest BCUT2D eigenvalue weighted by atomic mass is 16.3. The molecule has 0 aliphatic carbocycles. The monoisotopic (exact) mass is 788 g/mol. The van der Waals surface area contributed by atoms with Crippen molar-refractivity contribution in [2.45, 2.75) is 92.9 Å². The van der Waals surface area contributed by atoms with Gasteiger partial charge >= 0.3 is 0 Å². The van der Waals surface area contributed by atoms with E-state index in [2.05, 4.69) is 175 Å². The smallest absolute Gasteiger partial charge is 0.149 e. The van der Waals surface area contributed by atoms with Crippen LogP contribution in [0.3, 0.4) is 0 Å². The van der Waals surface area contributed by atoms with Gasteiger partial charge in [-0.3, -0.25) is 9.55 Å². The quantitative estimate of drug-likeness (QED) is 0.175. The number of nitrogens with zero attached hydrogens (tertiary/aromatic N) is 3. The molecule has 302 valence electrons. The van der Waals surface area contributed by atoms with Crippen LogP contribution in [0.2, 0.25) is 0 Å². The molecule has 2 aromatic heterocycles. The molecular formula is C56H57N3O. The second-order valence-electron chi connectivity index (χ2n) is 18.8. The number of imidazole rings is 1. The van der Waals surface area contributed by atoms with E-state index in [1.807, 2.05) is 39.1 Å². The molecule has 0 bridgehead atoms. The molecule has 0 spiro atoms. The zero-order valence-electron chi connectivity index (χ0n) is 38.0. The Labute approximate surface area is 358 Å². The minimum absolute atomic E-state index is 0.00116. The highest BCUT2D eigenvalue weighted by Gasteiger charge is 2.25. The number of phenolic OH excluding ortho intramolecular Hbond substituents is 1. The molecule has 4 nitrogen and oxygen atoms in total. The highest BCUT2D eigenvalue weighted by molar-refractivity contribution is 5.98. The topological polar surface area (TPSA) is 50.9 Å². The largest absolute Gasteiger partial charge is 0.507 e. The second kappa shape index (κ2) is 15.4. The van der Waals surface area contributed by atoms with E-state index in [1.54, 1.807) is 0 Å². The van der Waals surface area contributed by atoms with Gasteiger partial charge in [0.15, 0.2) is 0 Å². The van der Waals surface area contributed by atoms with Crippen LogP contribution < -0.4 is 0 Å². The number of pyridine rings is 1. The maximum Gasteiger partial charge on any atom is 0.149 e. The Balaban J connectivity index is 1.41. The summed E-state index contributed by atoms with van der Waals surface area (Å²) in [6, 6.07) is 45.3. The number of aromatic hydroxyl groups is 1. The molecule has 4 heteroatoms. The van der Waals surface area contributed by atoms with Crippen LogP contribution in [0.15, 0.2) is 134 Å². The summed E-state index contributed by atoms with van der Waals surface area (Å²) >= 11 is 0. The van der Waals surface area contributed by atoms with Gasteiger partial charge in [-0.15, -0.1) is 0 Å². The number of para-hydroxylation sites is 1. The SMILES string of the molecule is [2H]C(C)(C)c1ccc(-n2c(-c3cc(C)cc(C)c3O)nc3c(-c4cc(-c5cc(-c6ccc(C)cc6)ccn5)cc(C(C)(C)C)c4)cccc32)c(-c2ccc(C(C)(C)C)cc2)c1. The van der Waals surface area contributed by atoms with Crippen LogP contribution in [-0.4, -0.2) is 19.6 Å². The summed E-state index contributed by atoms with van der Waals surface area (Å²) in [4.78, 5) is 10.5. The summed E-state index contributed by atoms with van der Waals surface area (Å²) in [5.41, 5.74) is 17.9. The predicted octanol–water partition coefficient (Wildman–Crippen LogP) is 15.1. The predicted molar refractivity (Wildman–Crippen MR) is 253 cm³/mol. The Bertz CT molecular complexity index is 2930. The summed E-state index contributed by atoms with van der Waals surface area (Å²) in [7, 11) is 0. The lowest BCUT2D eigenvalue weighted by Gasteiger charge is -2.22. The third-order valence-electron chi connectivity index (χ3n) is 11.8. The van der Waals surface area contributed by atoms with Crippen LogP contribution in [0.1, 0.15) is 96.0 Å². The fourth-order valence-corrected chi connectivity index (χ4v) is 8.19. The maximum atomic E-state index is 11.8. The molecule has 0 aliphatic rings. The van der Waals surface area contributed by atoms with Gasteiger partial charge in [0.25, 0.3) is 0 Å². The van der Waals surface area contributed by atoms with Crippen molar-refractivity contribution in [3.05, 3.63) is 167 Å². The van der Waals surface area contributed by atoms with Crippen molar-refractivity contribution in [2.75, 3.05) is 0 Å². The van der Waals surface area contributed by atoms with E-state index < -0.39 is 5.89 Å². The third kappa shape index (κ3) is 7.79. The van der Waals surface area contributed by atoms with Crippen molar-refractivity contribution in [2.24, 2.45) is 0 Å². The Morgan fingerprint density at radius 1 is 0.583 bits per heavy atom. The first-order valence-corrected chi connectivity index (χ1v) is 21.0. The van der Waals surface area contributed by atoms with E-state index in [4.69, 9.17) is 11.3 Å². The number of hydrogen-bond acceptors (Lipinski definition) is 3. The van der Waals surface area contributed by atoms with Crippen molar-refractivity contribution < 1.29 is 6.48 Å². The molecule has 0 aliphatic heterocycles. The van der Waals surface area contributed by atoms with Crippen molar-refractivity contribution in [1.82, 2.24) is 14.5 Å². The van der Waals surface area contributed by atoms with Crippen molar-refractivity contribution in [3.63, 3.8) is 0 Å². The highest BCUT2D eigenvalue weighted by Crippen LogP contribution is 2.43. The van der Waals surface area contributed by atoms with E-state index in [9.17, 15) is 5.11 Å². The van der Waals surface area contributed by atoms with E-state index in [-0.39, 0.29) is 16.6 Å². The number of aryl methyl sites for hydroxylation is 3. The third-order valence-corrected chi connectivity index (χ3v) is 11.8. The molecule has 0 saturated heterocycles. The Kier molecular flexibility index (Phi) is 10.1. The summed E-state index contributed by atoms with van der Waals surface area (Å²) in [6.07, 6.45) is 1.90. The molecule has 60 heavy (non-hydrogen) atoms. The van der Waals surface area contributed by atoms with Crippen LogP contribution in [-0.2, 0) is 10.8 Å². The van der Waals surface area contributed by atoms with E-state index in [1.165, 1.54) is 16.7 Å². The van der Waals surface area contributed by atoms with Gasteiger partial charge in [-0.1, -0.05) is 140 Å². The summed E-state index contributed by atoms with van der Waals surface area (Å²) < 4.78 is 11.3. The molecule has 1 N–H and O–H groups in total. The standard InChI is InChI=1S/C56H57N3O/c1-34(2)40-21-24-50(47(32-40)39-19-22-44(23-20-39)55(6,7)8)59-51-14-12-13-46(52(51)58-54(59)48-28-36(4)27-37(5)53(48)60)42-29-43(31-45(30-42)56(9,10)11)49-33-41(25-26-57-49)38-17-15-35(3)16-18-38/h12-34,60H,1-11H3/i34D. The molecule has 0 amide bonds. The van der Waals surface area contributed by atoms with Crippen molar-refractivity contribution in [1.29, 1.82) is 0 Å². The molecule has 0 unspecified atom stereocenters. The van der Waals surface area contributed by atoms with Crippen LogP contribution in [0.4, 0.5) is 0 Å². The van der Waals surface area contributed by atoms with Gasteiger partial charge in [-0.05, 0) is 136 Å². The maximum absolute atomic E-state index is 11.8. The Morgan fingerprint density at radius 2 is 1.27 bits per heavy atom. The first-order chi connectivity index (χ1) is 28.8. The molecule has 0 radical (unpaired) electrons. The summed E-state index contributed by atoms with van der Waals surface area (Å²) in [5.74, 6) is 0.0408. The van der Waals surface area contributed by atoms with Crippen molar-refractivity contribution in [3.8, 4) is 67.5 Å². The van der Waals surface area contributed by atoms with Gasteiger partial charge in [0.2, 0.25) is 0 Å². The van der Waals surface area contributed by atoms with E-state index in [0.717, 1.165) is 78.0 Å². The fraction of sp³-hybridized carbons (Fsp3) is 0.250. The van der Waals surface area contributed by atoms with Gasteiger partial charge in [0.05, 0.1) is 28.0 Å². The zero-order valence-corrected chi connectivity index (χ0v) is 37.0.